The van der Waals surface area contributed by atoms with E-state index in [1.807, 2.05) is 45.0 Å². The maximum Gasteiger partial charge on any atom is 0.320 e. The number of nitrogens with zero attached hydrogens (tertiary/aromatic N) is 2. The van der Waals surface area contributed by atoms with E-state index in [1.54, 1.807) is 0 Å². The Morgan fingerprint density at radius 2 is 1.97 bits per heavy atom. The molecule has 1 fully saturated rings. The Morgan fingerprint density at radius 1 is 1.17 bits per heavy atom. The molecule has 0 aromatic heterocycles. The van der Waals surface area contributed by atoms with Crippen molar-refractivity contribution in [3.63, 3.8) is 0 Å². The Balaban J connectivity index is 1.32. The molecule has 0 aliphatic heterocycles. The molecule has 1 N–H and O–H groups in total. The minimum Gasteiger partial charge on any atom is -0.489 e. The monoisotopic (exact) mass is 489 g/mol. The molecule has 2 aliphatic rings. The van der Waals surface area contributed by atoms with E-state index in [2.05, 4.69) is 28.7 Å². The third-order valence-corrected chi connectivity index (χ3v) is 6.69. The highest BCUT2D eigenvalue weighted by molar-refractivity contribution is 5.98. The summed E-state index contributed by atoms with van der Waals surface area (Å²) in [7, 11) is 0. The van der Waals surface area contributed by atoms with E-state index in [0.29, 0.717) is 11.3 Å². The van der Waals surface area contributed by atoms with Gasteiger partial charge < -0.3 is 19.6 Å². The van der Waals surface area contributed by atoms with Crippen LogP contribution in [0.3, 0.4) is 0 Å². The van der Waals surface area contributed by atoms with Crippen molar-refractivity contribution < 1.29 is 19.1 Å². The van der Waals surface area contributed by atoms with Crippen molar-refractivity contribution in [1.82, 2.24) is 5.32 Å². The van der Waals surface area contributed by atoms with Gasteiger partial charge in [-0.15, -0.1) is 0 Å². The first-order chi connectivity index (χ1) is 17.4. The topological polar surface area (TPSA) is 92.9 Å². The first-order valence-corrected chi connectivity index (χ1v) is 12.8. The molecule has 4 rings (SSSR count). The number of ether oxygens (including phenoxy) is 2. The van der Waals surface area contributed by atoms with Gasteiger partial charge in [-0.2, -0.15) is 5.26 Å². The van der Waals surface area contributed by atoms with Crippen LogP contribution in [-0.2, 0) is 27.4 Å². The quantitative estimate of drug-likeness (QED) is 0.275. The second-order valence-electron chi connectivity index (χ2n) is 9.84. The zero-order valence-corrected chi connectivity index (χ0v) is 21.4. The molecular formula is C29H35N3O4. The van der Waals surface area contributed by atoms with E-state index in [4.69, 9.17) is 14.3 Å². The number of rotatable bonds is 10. The Hall–Kier alpha value is -3.37. The summed E-state index contributed by atoms with van der Waals surface area (Å²) in [4.78, 5) is 17.5. The Bertz CT molecular complexity index is 1150. The molecule has 36 heavy (non-hydrogen) atoms. The van der Waals surface area contributed by atoms with E-state index in [9.17, 15) is 10.1 Å². The number of aryl methyl sites for hydroxylation is 1. The maximum absolute atomic E-state index is 11.9. The third kappa shape index (κ3) is 6.64. The standard InChI is InChI=1S/C29H35N3O4/c1-19(2)35-29(33)17-31-27-12-10-23-15-22(9-11-26(23)27)20(3)32-34-18-21-8-13-28(24(14-21)16-30)36-25-6-4-5-7-25/h8-9,11,13-15,19,25,27,31H,4-7,10,12,17-18H2,1-3H3/b32-20+. The first-order valence-electron chi connectivity index (χ1n) is 12.8. The van der Waals surface area contributed by atoms with Crippen molar-refractivity contribution >= 4 is 11.7 Å². The summed E-state index contributed by atoms with van der Waals surface area (Å²) in [6, 6.07) is 14.3. The van der Waals surface area contributed by atoms with Gasteiger partial charge in [-0.05, 0) is 99.7 Å². The molecule has 2 aliphatic carbocycles. The van der Waals surface area contributed by atoms with E-state index in [1.165, 1.54) is 24.0 Å². The van der Waals surface area contributed by atoms with Crippen LogP contribution in [0, 0.1) is 11.3 Å². The lowest BCUT2D eigenvalue weighted by Gasteiger charge is -2.15. The molecule has 2 aromatic carbocycles. The van der Waals surface area contributed by atoms with E-state index >= 15 is 0 Å². The number of oxime groups is 1. The molecule has 0 amide bonds. The highest BCUT2D eigenvalue weighted by atomic mass is 16.6. The fourth-order valence-electron chi connectivity index (χ4n) is 4.86. The first kappa shape index (κ1) is 25.7. The highest BCUT2D eigenvalue weighted by Gasteiger charge is 2.23. The van der Waals surface area contributed by atoms with Gasteiger partial charge in [0.15, 0.2) is 0 Å². The van der Waals surface area contributed by atoms with Crippen LogP contribution in [0.4, 0.5) is 0 Å². The molecule has 0 saturated heterocycles. The lowest BCUT2D eigenvalue weighted by atomic mass is 10.0. The number of benzene rings is 2. The molecule has 1 saturated carbocycles. The van der Waals surface area contributed by atoms with Crippen LogP contribution in [0.25, 0.3) is 0 Å². The number of esters is 1. The van der Waals surface area contributed by atoms with Crippen LogP contribution in [0.15, 0.2) is 41.6 Å². The van der Waals surface area contributed by atoms with Crippen molar-refractivity contribution in [3.05, 3.63) is 64.2 Å². The van der Waals surface area contributed by atoms with Crippen molar-refractivity contribution in [2.45, 2.75) is 84.2 Å². The van der Waals surface area contributed by atoms with E-state index in [0.717, 1.165) is 42.5 Å². The normalized spacial score (nSPS) is 17.6. The summed E-state index contributed by atoms with van der Waals surface area (Å²) in [5.74, 6) is 0.420. The summed E-state index contributed by atoms with van der Waals surface area (Å²) in [6.45, 7) is 6.11. The van der Waals surface area contributed by atoms with Crippen molar-refractivity contribution in [1.29, 1.82) is 5.26 Å². The lowest BCUT2D eigenvalue weighted by molar-refractivity contribution is -0.146. The number of carbonyl (C=O) groups excluding carboxylic acids is 1. The predicted molar refractivity (Wildman–Crippen MR) is 138 cm³/mol. The maximum atomic E-state index is 11.9. The van der Waals surface area contributed by atoms with E-state index in [-0.39, 0.29) is 37.4 Å². The number of fused-ring (bicyclic) bond motifs is 1. The van der Waals surface area contributed by atoms with Crippen LogP contribution in [0.2, 0.25) is 0 Å². The zero-order valence-electron chi connectivity index (χ0n) is 21.4. The molecule has 2 aromatic rings. The third-order valence-electron chi connectivity index (χ3n) is 6.69. The second-order valence-corrected chi connectivity index (χ2v) is 9.84. The average molecular weight is 490 g/mol. The molecule has 7 nitrogen and oxygen atoms in total. The number of nitriles is 1. The highest BCUT2D eigenvalue weighted by Crippen LogP contribution is 2.32. The number of hydrogen-bond donors (Lipinski definition) is 1. The minimum absolute atomic E-state index is 0.106. The fourth-order valence-corrected chi connectivity index (χ4v) is 4.86. The zero-order chi connectivity index (χ0) is 25.5. The molecule has 1 unspecified atom stereocenters. The van der Waals surface area contributed by atoms with Gasteiger partial charge in [0.1, 0.15) is 18.4 Å². The van der Waals surface area contributed by atoms with Gasteiger partial charge in [0.05, 0.1) is 30.0 Å². The molecule has 0 radical (unpaired) electrons. The smallest absolute Gasteiger partial charge is 0.320 e. The Kier molecular flexibility index (Phi) is 8.61. The molecule has 1 atom stereocenters. The van der Waals surface area contributed by atoms with Gasteiger partial charge in [0, 0.05) is 6.04 Å². The molecule has 0 heterocycles. The van der Waals surface area contributed by atoms with Crippen molar-refractivity contribution in [2.75, 3.05) is 6.54 Å². The number of nitrogens with one attached hydrogen (secondary N) is 1. The van der Waals surface area contributed by atoms with Gasteiger partial charge in [-0.25, -0.2) is 0 Å². The summed E-state index contributed by atoms with van der Waals surface area (Å²) < 4.78 is 11.2. The Morgan fingerprint density at radius 3 is 2.72 bits per heavy atom. The van der Waals surface area contributed by atoms with Gasteiger partial charge >= 0.3 is 5.97 Å². The Labute approximate surface area is 213 Å². The summed E-state index contributed by atoms with van der Waals surface area (Å²) >= 11 is 0. The van der Waals surface area contributed by atoms with Gasteiger partial charge in [0.25, 0.3) is 0 Å². The minimum atomic E-state index is -0.229. The van der Waals surface area contributed by atoms with Crippen molar-refractivity contribution in [2.24, 2.45) is 5.16 Å². The van der Waals surface area contributed by atoms with Crippen molar-refractivity contribution in [3.8, 4) is 11.8 Å². The molecule has 0 spiro atoms. The molecular weight excluding hydrogens is 454 g/mol. The SMILES string of the molecule is C/C(=N\OCc1ccc(OC2CCCC2)c(C#N)c1)c1ccc2c(c1)CCC2NCC(=O)OC(C)C. The number of hydrogen-bond acceptors (Lipinski definition) is 7. The predicted octanol–water partition coefficient (Wildman–Crippen LogP) is 5.35. The lowest BCUT2D eigenvalue weighted by Crippen LogP contribution is -2.29. The summed E-state index contributed by atoms with van der Waals surface area (Å²) in [5, 5.41) is 17.2. The number of carbonyl (C=O) groups is 1. The van der Waals surface area contributed by atoms with Gasteiger partial charge in [0.2, 0.25) is 0 Å². The summed E-state index contributed by atoms with van der Waals surface area (Å²) in [6.07, 6.45) is 6.48. The van der Waals surface area contributed by atoms with Crippen LogP contribution in [0.5, 0.6) is 5.75 Å². The van der Waals surface area contributed by atoms with Gasteiger partial charge in [-0.3, -0.25) is 4.79 Å². The van der Waals surface area contributed by atoms with Crippen LogP contribution >= 0.6 is 0 Å². The molecule has 190 valence electrons. The fraction of sp³-hybridized carbons (Fsp3) is 0.483. The van der Waals surface area contributed by atoms with Crippen LogP contribution in [0.1, 0.15) is 86.7 Å². The average Bonchev–Trinajstić information content (AvgIpc) is 3.52. The van der Waals surface area contributed by atoms with E-state index < -0.39 is 0 Å². The molecule has 0 bridgehead atoms. The largest absolute Gasteiger partial charge is 0.489 e. The second kappa shape index (κ2) is 12.0. The van der Waals surface area contributed by atoms with Crippen LogP contribution < -0.4 is 10.1 Å². The van der Waals surface area contributed by atoms with Gasteiger partial charge in [-0.1, -0.05) is 23.4 Å². The molecule has 7 heteroatoms. The van der Waals surface area contributed by atoms with Crippen LogP contribution in [-0.4, -0.2) is 30.4 Å². The summed E-state index contributed by atoms with van der Waals surface area (Å²) in [5.41, 5.74) is 5.67.